The monoisotopic (exact) mass is 480 g/mol. The van der Waals surface area contributed by atoms with Crippen LogP contribution in [0.25, 0.3) is 16.5 Å². The van der Waals surface area contributed by atoms with E-state index in [4.69, 9.17) is 0 Å². The summed E-state index contributed by atoms with van der Waals surface area (Å²) in [6.07, 6.45) is 6.84. The number of benzene rings is 1. The highest BCUT2D eigenvalue weighted by atomic mass is 19.1. The van der Waals surface area contributed by atoms with Crippen molar-refractivity contribution in [1.29, 1.82) is 0 Å². The van der Waals surface area contributed by atoms with Gasteiger partial charge in [-0.25, -0.2) is 22.9 Å². The lowest BCUT2D eigenvalue weighted by atomic mass is 10.0. The molecule has 0 spiro atoms. The Labute approximate surface area is 196 Å². The fourth-order valence-electron chi connectivity index (χ4n) is 3.91. The van der Waals surface area contributed by atoms with Crippen LogP contribution in [-0.2, 0) is 0 Å². The molecule has 4 aromatic rings. The lowest BCUT2D eigenvalue weighted by Gasteiger charge is -2.15. The fraction of sp³-hybridized carbons (Fsp3) is 0.167. The Kier molecular flexibility index (Phi) is 5.59. The summed E-state index contributed by atoms with van der Waals surface area (Å²) in [6.45, 7) is 0. The zero-order chi connectivity index (χ0) is 24.7. The van der Waals surface area contributed by atoms with E-state index in [1.54, 1.807) is 19.3 Å². The zero-order valence-corrected chi connectivity index (χ0v) is 18.4. The predicted molar refractivity (Wildman–Crippen MR) is 126 cm³/mol. The predicted octanol–water partition coefficient (Wildman–Crippen LogP) is 4.76. The average Bonchev–Trinajstić information content (AvgIpc) is 3.65. The largest absolute Gasteiger partial charge is 0.373 e. The summed E-state index contributed by atoms with van der Waals surface area (Å²) in [4.78, 5) is 33.6. The molecule has 178 valence electrons. The number of anilines is 3. The maximum absolute atomic E-state index is 14.9. The summed E-state index contributed by atoms with van der Waals surface area (Å²) in [7, 11) is 1.72. The second-order valence-corrected chi connectivity index (χ2v) is 8.15. The van der Waals surface area contributed by atoms with E-state index in [0.29, 0.717) is 22.8 Å². The van der Waals surface area contributed by atoms with E-state index in [1.165, 1.54) is 12.4 Å². The third-order valence-corrected chi connectivity index (χ3v) is 5.69. The van der Waals surface area contributed by atoms with Crippen LogP contribution in [0.4, 0.5) is 35.2 Å². The van der Waals surface area contributed by atoms with Crippen molar-refractivity contribution in [3.63, 3.8) is 0 Å². The standard InChI is InChI=1S/C24H19F3N6O2/c1-28-21-5-16-13(8-30-21)11-33(23(34)22(16)12-2-3-12)20-7-19(17(26)6-18(20)27)32-24(35)31-15-4-14(25)9-29-10-15/h4-12,28H,2-3H2,1H3,(H2,31,32,35). The second kappa shape index (κ2) is 8.75. The molecule has 1 aromatic carbocycles. The van der Waals surface area contributed by atoms with E-state index in [-0.39, 0.29) is 23.0 Å². The maximum atomic E-state index is 14.9. The summed E-state index contributed by atoms with van der Waals surface area (Å²) in [5, 5.41) is 8.85. The van der Waals surface area contributed by atoms with Crippen LogP contribution < -0.4 is 21.5 Å². The highest BCUT2D eigenvalue weighted by molar-refractivity contribution is 6.00. The van der Waals surface area contributed by atoms with Gasteiger partial charge in [0.1, 0.15) is 23.3 Å². The minimum Gasteiger partial charge on any atom is -0.373 e. The van der Waals surface area contributed by atoms with Gasteiger partial charge in [0.2, 0.25) is 0 Å². The average molecular weight is 480 g/mol. The Hall–Kier alpha value is -4.41. The molecule has 1 aliphatic rings. The third-order valence-electron chi connectivity index (χ3n) is 5.69. The molecule has 5 rings (SSSR count). The number of carbonyl (C=O) groups is 1. The number of nitrogens with zero attached hydrogens (tertiary/aromatic N) is 3. The Bertz CT molecular complexity index is 1530. The number of aromatic nitrogens is 3. The topological polar surface area (TPSA) is 101 Å². The van der Waals surface area contributed by atoms with Crippen molar-refractivity contribution >= 4 is 34.0 Å². The summed E-state index contributed by atoms with van der Waals surface area (Å²) in [5.41, 5.74) is -0.456. The third kappa shape index (κ3) is 4.39. The van der Waals surface area contributed by atoms with E-state index < -0.39 is 29.0 Å². The summed E-state index contributed by atoms with van der Waals surface area (Å²) in [5.74, 6) is -2.07. The second-order valence-electron chi connectivity index (χ2n) is 8.15. The molecule has 0 bridgehead atoms. The number of hydrogen-bond acceptors (Lipinski definition) is 5. The van der Waals surface area contributed by atoms with Crippen molar-refractivity contribution in [1.82, 2.24) is 14.5 Å². The molecular weight excluding hydrogens is 461 g/mol. The quantitative estimate of drug-likeness (QED) is 0.382. The zero-order valence-electron chi connectivity index (χ0n) is 18.4. The summed E-state index contributed by atoms with van der Waals surface area (Å²) >= 11 is 0. The van der Waals surface area contributed by atoms with Gasteiger partial charge in [0.05, 0.1) is 29.5 Å². The van der Waals surface area contributed by atoms with E-state index in [1.807, 2.05) is 0 Å². The molecule has 3 N–H and O–H groups in total. The van der Waals surface area contributed by atoms with Crippen molar-refractivity contribution in [2.75, 3.05) is 23.0 Å². The maximum Gasteiger partial charge on any atom is 0.323 e. The first-order valence-corrected chi connectivity index (χ1v) is 10.7. The number of nitrogens with one attached hydrogen (secondary N) is 3. The Balaban J connectivity index is 1.55. The number of hydrogen-bond donors (Lipinski definition) is 3. The molecule has 2 amide bonds. The lowest BCUT2D eigenvalue weighted by Crippen LogP contribution is -2.24. The van der Waals surface area contributed by atoms with Gasteiger partial charge in [0.25, 0.3) is 5.56 Å². The van der Waals surface area contributed by atoms with Crippen LogP contribution in [0.5, 0.6) is 0 Å². The van der Waals surface area contributed by atoms with Gasteiger partial charge in [0.15, 0.2) is 0 Å². The molecule has 8 nitrogen and oxygen atoms in total. The Morgan fingerprint density at radius 3 is 2.54 bits per heavy atom. The minimum atomic E-state index is -1.05. The first-order valence-electron chi connectivity index (χ1n) is 10.7. The molecule has 0 radical (unpaired) electrons. The van der Waals surface area contributed by atoms with E-state index in [9.17, 15) is 22.8 Å². The molecule has 0 saturated heterocycles. The van der Waals surface area contributed by atoms with Crippen LogP contribution in [0.1, 0.15) is 24.3 Å². The van der Waals surface area contributed by atoms with Crippen LogP contribution in [0.3, 0.4) is 0 Å². The molecular formula is C24H19F3N6O2. The molecule has 1 fully saturated rings. The first kappa shape index (κ1) is 22.4. The summed E-state index contributed by atoms with van der Waals surface area (Å²) in [6, 6.07) is 3.52. The molecule has 0 aliphatic heterocycles. The lowest BCUT2D eigenvalue weighted by molar-refractivity contribution is 0.262. The van der Waals surface area contributed by atoms with Gasteiger partial charge in [-0.15, -0.1) is 0 Å². The highest BCUT2D eigenvalue weighted by Crippen LogP contribution is 2.41. The molecule has 35 heavy (non-hydrogen) atoms. The van der Waals surface area contributed by atoms with E-state index >= 15 is 0 Å². The van der Waals surface area contributed by atoms with Crippen LogP contribution in [-0.4, -0.2) is 27.6 Å². The van der Waals surface area contributed by atoms with Gasteiger partial charge < -0.3 is 16.0 Å². The van der Waals surface area contributed by atoms with Gasteiger partial charge in [-0.2, -0.15) is 0 Å². The van der Waals surface area contributed by atoms with Gasteiger partial charge >= 0.3 is 6.03 Å². The van der Waals surface area contributed by atoms with Crippen molar-refractivity contribution in [3.8, 4) is 5.69 Å². The van der Waals surface area contributed by atoms with Crippen molar-refractivity contribution in [2.45, 2.75) is 18.8 Å². The van der Waals surface area contributed by atoms with Crippen LogP contribution in [0.15, 0.2) is 53.8 Å². The van der Waals surface area contributed by atoms with Crippen molar-refractivity contribution in [3.05, 3.63) is 82.4 Å². The first-order chi connectivity index (χ1) is 16.8. The Morgan fingerprint density at radius 1 is 1.03 bits per heavy atom. The number of pyridine rings is 3. The normalized spacial score (nSPS) is 13.0. The molecule has 11 heteroatoms. The van der Waals surface area contributed by atoms with Crippen LogP contribution >= 0.6 is 0 Å². The smallest absolute Gasteiger partial charge is 0.323 e. The van der Waals surface area contributed by atoms with Crippen molar-refractivity contribution in [2.24, 2.45) is 0 Å². The number of rotatable bonds is 5. The number of urea groups is 1. The minimum absolute atomic E-state index is 0.0383. The number of fused-ring (bicyclic) bond motifs is 1. The number of amides is 2. The van der Waals surface area contributed by atoms with Crippen LogP contribution in [0.2, 0.25) is 0 Å². The molecule has 3 heterocycles. The number of carbonyl (C=O) groups excluding carboxylic acids is 1. The molecule has 1 saturated carbocycles. The number of halogens is 3. The molecule has 1 aliphatic carbocycles. The molecule has 3 aromatic heterocycles. The molecule has 0 unspecified atom stereocenters. The van der Waals surface area contributed by atoms with E-state index in [2.05, 4.69) is 25.9 Å². The fourth-order valence-corrected chi connectivity index (χ4v) is 3.91. The van der Waals surface area contributed by atoms with Gasteiger partial charge in [-0.3, -0.25) is 14.3 Å². The van der Waals surface area contributed by atoms with Gasteiger partial charge in [-0.05, 0) is 36.3 Å². The van der Waals surface area contributed by atoms with Crippen molar-refractivity contribution < 1.29 is 18.0 Å². The van der Waals surface area contributed by atoms with Gasteiger partial charge in [0, 0.05) is 42.5 Å². The molecule has 0 atom stereocenters. The van der Waals surface area contributed by atoms with E-state index in [0.717, 1.165) is 41.1 Å². The SMILES string of the molecule is CNc1cc2c(C3CC3)c(=O)n(-c3cc(NC(=O)Nc4cncc(F)c4)c(F)cc3F)cc2cn1. The van der Waals surface area contributed by atoms with Crippen LogP contribution in [0, 0.1) is 17.5 Å². The Morgan fingerprint density at radius 2 is 1.83 bits per heavy atom. The highest BCUT2D eigenvalue weighted by Gasteiger charge is 2.30. The van der Waals surface area contributed by atoms with Gasteiger partial charge in [-0.1, -0.05) is 0 Å². The summed E-state index contributed by atoms with van der Waals surface area (Å²) < 4.78 is 43.8.